The second-order valence-corrected chi connectivity index (χ2v) is 10.4. The Hall–Kier alpha value is -3.80. The highest BCUT2D eigenvalue weighted by Crippen LogP contribution is 2.26. The number of hydrogen-bond acceptors (Lipinski definition) is 9. The molecule has 0 spiro atoms. The average molecular weight is 535 g/mol. The van der Waals surface area contributed by atoms with Gasteiger partial charge in [-0.25, -0.2) is 4.98 Å². The molecule has 2 aliphatic rings. The highest BCUT2D eigenvalue weighted by Gasteiger charge is 2.48. The minimum absolute atomic E-state index is 0.0700. The molecular weight excluding hydrogens is 501 g/mol. The van der Waals surface area contributed by atoms with Gasteiger partial charge >= 0.3 is 19.1 Å². The molecule has 3 heterocycles. The van der Waals surface area contributed by atoms with Gasteiger partial charge < -0.3 is 19.9 Å². The van der Waals surface area contributed by atoms with Crippen molar-refractivity contribution >= 4 is 30.9 Å². The molecule has 11 nitrogen and oxygen atoms in total. The van der Waals surface area contributed by atoms with Gasteiger partial charge in [0.1, 0.15) is 23.8 Å². The molecule has 2 bridgehead atoms. The molecule has 4 rings (SSSR count). The monoisotopic (exact) mass is 535 g/mol. The van der Waals surface area contributed by atoms with Crippen LogP contribution in [0.1, 0.15) is 55.6 Å². The van der Waals surface area contributed by atoms with E-state index in [0.717, 1.165) is 5.56 Å². The number of nitrogens with one attached hydrogen (secondary N) is 2. The van der Waals surface area contributed by atoms with Gasteiger partial charge in [-0.15, -0.1) is 0 Å². The molecule has 12 heteroatoms. The van der Waals surface area contributed by atoms with Crippen LogP contribution in [0, 0.1) is 5.92 Å². The second kappa shape index (κ2) is 12.8. The van der Waals surface area contributed by atoms with Gasteiger partial charge in [0.25, 0.3) is 5.91 Å². The maximum atomic E-state index is 13.7. The quantitative estimate of drug-likeness (QED) is 0.455. The number of hydrogen-bond donors (Lipinski definition) is 2. The molecule has 0 radical (unpaired) electrons. The summed E-state index contributed by atoms with van der Waals surface area (Å²) in [4.78, 5) is 62.2. The van der Waals surface area contributed by atoms with Gasteiger partial charge in [-0.2, -0.15) is 0 Å². The molecule has 39 heavy (non-hydrogen) atoms. The molecule has 0 saturated carbocycles. The number of likely N-dealkylation sites (N-methyl/N-ethyl adjacent to an activating group) is 1. The largest absolute Gasteiger partial charge is 0.622 e. The van der Waals surface area contributed by atoms with Crippen molar-refractivity contribution < 1.29 is 28.5 Å². The Labute approximate surface area is 228 Å². The number of nitrogens with zero attached hydrogens (tertiary/aromatic N) is 3. The van der Waals surface area contributed by atoms with Crippen molar-refractivity contribution in [2.45, 2.75) is 70.0 Å². The van der Waals surface area contributed by atoms with Crippen molar-refractivity contribution in [2.75, 3.05) is 7.05 Å². The number of amides is 2. The summed E-state index contributed by atoms with van der Waals surface area (Å²) in [5.74, 6) is -2.78. The number of benzene rings is 1. The van der Waals surface area contributed by atoms with E-state index in [1.165, 1.54) is 18.6 Å². The van der Waals surface area contributed by atoms with Crippen LogP contribution >= 0.6 is 0 Å². The zero-order chi connectivity index (χ0) is 27.9. The lowest BCUT2D eigenvalue weighted by atomic mass is 9.72. The Balaban J connectivity index is 1.56. The van der Waals surface area contributed by atoms with E-state index in [1.54, 1.807) is 11.9 Å². The third kappa shape index (κ3) is 7.20. The van der Waals surface area contributed by atoms with Gasteiger partial charge in [-0.05, 0) is 44.2 Å². The van der Waals surface area contributed by atoms with E-state index in [9.17, 15) is 19.2 Å². The summed E-state index contributed by atoms with van der Waals surface area (Å²) >= 11 is 0. The number of fused-ring (bicyclic) bond motifs is 2. The molecule has 206 valence electrons. The number of carbonyl (C=O) groups excluding carboxylic acids is 4. The Morgan fingerprint density at radius 2 is 1.72 bits per heavy atom. The fourth-order valence-corrected chi connectivity index (χ4v) is 5.01. The summed E-state index contributed by atoms with van der Waals surface area (Å²) in [6.07, 6.45) is 6.61. The van der Waals surface area contributed by atoms with Crippen molar-refractivity contribution in [3.05, 3.63) is 60.2 Å². The Bertz CT molecular complexity index is 1140. The molecule has 1 aromatic heterocycles. The molecular formula is C27H34BN5O6. The van der Waals surface area contributed by atoms with E-state index in [2.05, 4.69) is 20.6 Å². The van der Waals surface area contributed by atoms with E-state index < -0.39 is 54.9 Å². The fourth-order valence-electron chi connectivity index (χ4n) is 5.01. The van der Waals surface area contributed by atoms with Gasteiger partial charge in [0.05, 0.1) is 12.1 Å². The fraction of sp³-hybridized carbons (Fsp3) is 0.481. The van der Waals surface area contributed by atoms with Crippen molar-refractivity contribution in [1.29, 1.82) is 0 Å². The summed E-state index contributed by atoms with van der Waals surface area (Å²) in [7, 11) is 0.430. The molecule has 2 aromatic rings. The zero-order valence-corrected chi connectivity index (χ0v) is 22.4. The van der Waals surface area contributed by atoms with Crippen molar-refractivity contribution in [3.8, 4) is 0 Å². The molecule has 4 atom stereocenters. The predicted molar refractivity (Wildman–Crippen MR) is 142 cm³/mol. The lowest BCUT2D eigenvalue weighted by Gasteiger charge is -2.40. The lowest BCUT2D eigenvalue weighted by molar-refractivity contribution is -0.157. The molecule has 0 aliphatic carbocycles. The van der Waals surface area contributed by atoms with Crippen LogP contribution in [0.3, 0.4) is 0 Å². The van der Waals surface area contributed by atoms with Crippen LogP contribution in [-0.4, -0.2) is 76.9 Å². The van der Waals surface area contributed by atoms with E-state index in [-0.39, 0.29) is 18.0 Å². The highest BCUT2D eigenvalue weighted by molar-refractivity contribution is 6.51. The zero-order valence-electron chi connectivity index (χ0n) is 22.4. The van der Waals surface area contributed by atoms with E-state index >= 15 is 0 Å². The summed E-state index contributed by atoms with van der Waals surface area (Å²) < 4.78 is 11.4. The summed E-state index contributed by atoms with van der Waals surface area (Å²) in [6.45, 7) is 3.90. The Morgan fingerprint density at radius 3 is 2.31 bits per heavy atom. The predicted octanol–water partition coefficient (Wildman–Crippen LogP) is 1.33. The number of rotatable bonds is 9. The van der Waals surface area contributed by atoms with Crippen LogP contribution in [0.25, 0.3) is 0 Å². The summed E-state index contributed by atoms with van der Waals surface area (Å²) in [5.41, 5.74) is 0.901. The maximum Gasteiger partial charge on any atom is 0.622 e. The maximum absolute atomic E-state index is 13.7. The first-order chi connectivity index (χ1) is 18.7. The minimum atomic E-state index is -1.29. The van der Waals surface area contributed by atoms with Crippen LogP contribution in [0.5, 0.6) is 0 Å². The Kier molecular flexibility index (Phi) is 9.29. The second-order valence-electron chi connectivity index (χ2n) is 10.4. The first-order valence-corrected chi connectivity index (χ1v) is 13.3. The first kappa shape index (κ1) is 28.2. The van der Waals surface area contributed by atoms with Gasteiger partial charge in [0.15, 0.2) is 0 Å². The smallest absolute Gasteiger partial charge is 0.497 e. The van der Waals surface area contributed by atoms with Gasteiger partial charge in [-0.1, -0.05) is 44.2 Å². The number of aromatic nitrogens is 2. The third-order valence-electron chi connectivity index (χ3n) is 7.03. The molecule has 2 saturated heterocycles. The van der Waals surface area contributed by atoms with Crippen molar-refractivity contribution in [3.63, 3.8) is 0 Å². The molecule has 1 aromatic carbocycles. The van der Waals surface area contributed by atoms with E-state index in [0.29, 0.717) is 25.7 Å². The van der Waals surface area contributed by atoms with Crippen molar-refractivity contribution in [1.82, 2.24) is 25.5 Å². The first-order valence-electron chi connectivity index (χ1n) is 13.3. The topological polar surface area (TPSA) is 140 Å². The normalized spacial score (nSPS) is 21.2. The van der Waals surface area contributed by atoms with Crippen LogP contribution in [0.2, 0.25) is 0 Å². The van der Waals surface area contributed by atoms with Gasteiger partial charge in [-0.3, -0.25) is 29.1 Å². The minimum Gasteiger partial charge on any atom is -0.497 e. The van der Waals surface area contributed by atoms with Crippen LogP contribution in [0.4, 0.5) is 0 Å². The van der Waals surface area contributed by atoms with Crippen molar-refractivity contribution in [2.24, 2.45) is 5.92 Å². The number of piperidine rings is 1. The molecule has 2 N–H and O–H groups in total. The molecule has 0 unspecified atom stereocenters. The van der Waals surface area contributed by atoms with E-state index in [4.69, 9.17) is 9.31 Å². The van der Waals surface area contributed by atoms with Crippen LogP contribution in [0.15, 0.2) is 48.9 Å². The SMILES string of the molecule is CC(C)C[C@H](NC(=O)[C@H](Cc1ccccc1)NC(=O)c1cnccn1)B1OC(=O)[C@@H]2CCC[C@@H](C(=O)O1)N2C. The summed E-state index contributed by atoms with van der Waals surface area (Å²) in [5, 5.41) is 5.65. The molecule has 2 fully saturated rings. The number of carbonyl (C=O) groups is 4. The van der Waals surface area contributed by atoms with Crippen LogP contribution in [-0.2, 0) is 30.1 Å². The summed E-state index contributed by atoms with van der Waals surface area (Å²) in [6, 6.07) is 7.18. The van der Waals surface area contributed by atoms with E-state index in [1.807, 2.05) is 44.2 Å². The third-order valence-corrected chi connectivity index (χ3v) is 7.03. The highest BCUT2D eigenvalue weighted by atomic mass is 16.6. The molecule has 2 amide bonds. The lowest BCUT2D eigenvalue weighted by Crippen LogP contribution is -2.62. The average Bonchev–Trinajstić information content (AvgIpc) is 2.92. The standard InChI is InChI=1S/C27H34BN5O6/c1-17(2)14-23(28-38-26(36)21-10-7-11-22(33(21)3)27(37)39-28)32-24(34)19(15-18-8-5-4-6-9-18)31-25(35)20-16-29-12-13-30-20/h4-6,8-9,12-13,16-17,19,21-23H,7,10-11,14-15H2,1-3H3,(H,31,35)(H,32,34)/t19-,21-,22-,23-/m0/s1. The Morgan fingerprint density at radius 1 is 1.05 bits per heavy atom. The van der Waals surface area contributed by atoms with Gasteiger partial charge in [0, 0.05) is 18.8 Å². The molecule has 2 aliphatic heterocycles. The van der Waals surface area contributed by atoms with Gasteiger partial charge in [0.2, 0.25) is 5.91 Å². The van der Waals surface area contributed by atoms with Crippen LogP contribution < -0.4 is 10.6 Å².